The van der Waals surface area contributed by atoms with Crippen molar-refractivity contribution in [1.29, 1.82) is 0 Å². The molecular formula is C12H25NOS. The first-order valence-corrected chi connectivity index (χ1v) is 6.81. The van der Waals surface area contributed by atoms with Crippen LogP contribution < -0.4 is 5.32 Å². The third-order valence-electron chi connectivity index (χ3n) is 1.88. The van der Waals surface area contributed by atoms with E-state index in [1.165, 1.54) is 0 Å². The molecule has 0 saturated heterocycles. The van der Waals surface area contributed by atoms with Crippen LogP contribution in [0.5, 0.6) is 0 Å². The highest BCUT2D eigenvalue weighted by Gasteiger charge is 2.10. The van der Waals surface area contributed by atoms with Crippen molar-refractivity contribution in [2.24, 2.45) is 11.3 Å². The molecule has 0 atom stereocenters. The molecule has 0 unspecified atom stereocenters. The predicted octanol–water partition coefficient (Wildman–Crippen LogP) is 2.93. The van der Waals surface area contributed by atoms with Gasteiger partial charge in [0.05, 0.1) is 5.75 Å². The van der Waals surface area contributed by atoms with Gasteiger partial charge in [-0.25, -0.2) is 0 Å². The van der Waals surface area contributed by atoms with E-state index in [4.69, 9.17) is 0 Å². The van der Waals surface area contributed by atoms with Gasteiger partial charge in [0.15, 0.2) is 0 Å². The summed E-state index contributed by atoms with van der Waals surface area (Å²) in [5, 5.41) is 2.95. The second-order valence-electron chi connectivity index (χ2n) is 5.57. The molecule has 0 aromatic carbocycles. The molecule has 0 heterocycles. The van der Waals surface area contributed by atoms with Gasteiger partial charge < -0.3 is 5.32 Å². The summed E-state index contributed by atoms with van der Waals surface area (Å²) in [6, 6.07) is 0. The third kappa shape index (κ3) is 11.7. The molecule has 90 valence electrons. The number of thioether (sulfide) groups is 1. The van der Waals surface area contributed by atoms with Crippen LogP contribution in [-0.2, 0) is 4.79 Å². The molecule has 2 nitrogen and oxygen atoms in total. The Balaban J connectivity index is 3.42. The lowest BCUT2D eigenvalue weighted by Crippen LogP contribution is -2.28. The van der Waals surface area contributed by atoms with Gasteiger partial charge in [-0.05, 0) is 23.5 Å². The van der Waals surface area contributed by atoms with Crippen molar-refractivity contribution in [3.05, 3.63) is 0 Å². The SMILES string of the molecule is CC(C)CSCC(=O)NCCC(C)(C)C. The Hall–Kier alpha value is -0.180. The molecule has 0 aromatic heterocycles. The third-order valence-corrected chi connectivity index (χ3v) is 3.25. The highest BCUT2D eigenvalue weighted by Crippen LogP contribution is 2.16. The molecule has 0 rings (SSSR count). The standard InChI is InChI=1S/C12H25NOS/c1-10(2)8-15-9-11(14)13-7-6-12(3,4)5/h10H,6-9H2,1-5H3,(H,13,14). The van der Waals surface area contributed by atoms with E-state index in [-0.39, 0.29) is 5.91 Å². The van der Waals surface area contributed by atoms with Crippen LogP contribution in [0.2, 0.25) is 0 Å². The second kappa shape index (κ2) is 7.15. The van der Waals surface area contributed by atoms with E-state index in [0.29, 0.717) is 17.1 Å². The summed E-state index contributed by atoms with van der Waals surface area (Å²) in [4.78, 5) is 11.4. The van der Waals surface area contributed by atoms with Gasteiger partial charge in [0.1, 0.15) is 0 Å². The Morgan fingerprint density at radius 3 is 2.40 bits per heavy atom. The highest BCUT2D eigenvalue weighted by atomic mass is 32.2. The number of hydrogen-bond acceptors (Lipinski definition) is 2. The van der Waals surface area contributed by atoms with Crippen molar-refractivity contribution >= 4 is 17.7 Å². The van der Waals surface area contributed by atoms with Crippen molar-refractivity contribution in [3.8, 4) is 0 Å². The van der Waals surface area contributed by atoms with Gasteiger partial charge in [-0.2, -0.15) is 11.8 Å². The minimum atomic E-state index is 0.171. The number of carbonyl (C=O) groups is 1. The summed E-state index contributed by atoms with van der Waals surface area (Å²) in [6.07, 6.45) is 1.04. The summed E-state index contributed by atoms with van der Waals surface area (Å²) in [6.45, 7) is 11.7. The van der Waals surface area contributed by atoms with Crippen LogP contribution in [0, 0.1) is 11.3 Å². The normalized spacial score (nSPS) is 11.9. The van der Waals surface area contributed by atoms with Gasteiger partial charge in [0.2, 0.25) is 5.91 Å². The minimum absolute atomic E-state index is 0.171. The number of carbonyl (C=O) groups excluding carboxylic acids is 1. The quantitative estimate of drug-likeness (QED) is 0.761. The van der Waals surface area contributed by atoms with E-state index in [0.717, 1.165) is 18.7 Å². The Morgan fingerprint density at radius 2 is 1.93 bits per heavy atom. The van der Waals surface area contributed by atoms with Crippen LogP contribution in [0.25, 0.3) is 0 Å². The molecule has 0 aromatic rings. The van der Waals surface area contributed by atoms with Crippen molar-refractivity contribution in [3.63, 3.8) is 0 Å². The summed E-state index contributed by atoms with van der Waals surface area (Å²) >= 11 is 1.72. The van der Waals surface area contributed by atoms with Gasteiger partial charge in [-0.1, -0.05) is 34.6 Å². The summed E-state index contributed by atoms with van der Waals surface area (Å²) < 4.78 is 0. The topological polar surface area (TPSA) is 29.1 Å². The van der Waals surface area contributed by atoms with E-state index in [1.54, 1.807) is 11.8 Å². The van der Waals surface area contributed by atoms with Gasteiger partial charge in [-0.15, -0.1) is 0 Å². The molecule has 1 N–H and O–H groups in total. The molecule has 15 heavy (non-hydrogen) atoms. The lowest BCUT2D eigenvalue weighted by atomic mass is 9.92. The van der Waals surface area contributed by atoms with Gasteiger partial charge in [-0.3, -0.25) is 4.79 Å². The van der Waals surface area contributed by atoms with E-state index in [9.17, 15) is 4.79 Å². The first-order chi connectivity index (χ1) is 6.81. The van der Waals surface area contributed by atoms with Crippen LogP contribution in [0.4, 0.5) is 0 Å². The molecule has 0 radical (unpaired) electrons. The summed E-state index contributed by atoms with van der Waals surface area (Å²) in [5.41, 5.74) is 0.304. The zero-order valence-electron chi connectivity index (χ0n) is 10.7. The first kappa shape index (κ1) is 14.8. The van der Waals surface area contributed by atoms with E-state index >= 15 is 0 Å². The van der Waals surface area contributed by atoms with E-state index in [1.807, 2.05) is 0 Å². The van der Waals surface area contributed by atoms with Crippen LogP contribution in [-0.4, -0.2) is 24.0 Å². The largest absolute Gasteiger partial charge is 0.355 e. The second-order valence-corrected chi connectivity index (χ2v) is 6.60. The van der Waals surface area contributed by atoms with Gasteiger partial charge >= 0.3 is 0 Å². The van der Waals surface area contributed by atoms with Crippen LogP contribution in [0.3, 0.4) is 0 Å². The van der Waals surface area contributed by atoms with Crippen molar-refractivity contribution in [2.45, 2.75) is 41.0 Å². The van der Waals surface area contributed by atoms with Gasteiger partial charge in [0.25, 0.3) is 0 Å². The lowest BCUT2D eigenvalue weighted by Gasteiger charge is -2.17. The molecule has 1 amide bonds. The molecule has 0 aliphatic carbocycles. The summed E-state index contributed by atoms with van der Waals surface area (Å²) in [5.74, 6) is 2.50. The van der Waals surface area contributed by atoms with E-state index in [2.05, 4.69) is 39.9 Å². The zero-order chi connectivity index (χ0) is 11.9. The van der Waals surface area contributed by atoms with Crippen LogP contribution in [0.15, 0.2) is 0 Å². The van der Waals surface area contributed by atoms with Crippen LogP contribution in [0.1, 0.15) is 41.0 Å². The molecule has 0 fully saturated rings. The van der Waals surface area contributed by atoms with Crippen molar-refractivity contribution < 1.29 is 4.79 Å². The fourth-order valence-corrected chi connectivity index (χ4v) is 1.89. The Kier molecular flexibility index (Phi) is 7.07. The molecular weight excluding hydrogens is 206 g/mol. The Bertz CT molecular complexity index is 185. The average molecular weight is 231 g/mol. The Morgan fingerprint density at radius 1 is 1.33 bits per heavy atom. The molecule has 0 aliphatic rings. The maximum absolute atomic E-state index is 11.4. The highest BCUT2D eigenvalue weighted by molar-refractivity contribution is 7.99. The molecule has 0 saturated carbocycles. The fraction of sp³-hybridized carbons (Fsp3) is 0.917. The predicted molar refractivity (Wildman–Crippen MR) is 69.2 cm³/mol. The monoisotopic (exact) mass is 231 g/mol. The van der Waals surface area contributed by atoms with Crippen molar-refractivity contribution in [2.75, 3.05) is 18.1 Å². The number of nitrogens with one attached hydrogen (secondary N) is 1. The minimum Gasteiger partial charge on any atom is -0.355 e. The first-order valence-electron chi connectivity index (χ1n) is 5.66. The molecule has 3 heteroatoms. The Labute approximate surface area is 98.6 Å². The number of amides is 1. The molecule has 0 spiro atoms. The maximum atomic E-state index is 11.4. The fourth-order valence-electron chi connectivity index (χ4n) is 1.02. The lowest BCUT2D eigenvalue weighted by molar-refractivity contribution is -0.118. The average Bonchev–Trinajstić information content (AvgIpc) is 2.00. The van der Waals surface area contributed by atoms with Crippen LogP contribution >= 0.6 is 11.8 Å². The number of hydrogen-bond donors (Lipinski definition) is 1. The summed E-state index contributed by atoms with van der Waals surface area (Å²) in [7, 11) is 0. The van der Waals surface area contributed by atoms with E-state index < -0.39 is 0 Å². The zero-order valence-corrected chi connectivity index (χ0v) is 11.5. The molecule has 0 aliphatic heterocycles. The molecule has 0 bridgehead atoms. The smallest absolute Gasteiger partial charge is 0.229 e. The van der Waals surface area contributed by atoms with Crippen molar-refractivity contribution in [1.82, 2.24) is 5.32 Å². The number of rotatable bonds is 6. The maximum Gasteiger partial charge on any atom is 0.229 e. The van der Waals surface area contributed by atoms with Gasteiger partial charge in [0, 0.05) is 6.54 Å².